The molecule has 1 fully saturated rings. The van der Waals surface area contributed by atoms with Gasteiger partial charge in [-0.15, -0.1) is 11.3 Å². The number of aromatic nitrogens is 1. The lowest BCUT2D eigenvalue weighted by Crippen LogP contribution is -2.40. The van der Waals surface area contributed by atoms with Gasteiger partial charge in [0.2, 0.25) is 5.91 Å². The molecule has 0 unspecified atom stereocenters. The molecule has 24 heavy (non-hydrogen) atoms. The number of benzene rings is 1. The van der Waals surface area contributed by atoms with Crippen LogP contribution in [-0.4, -0.2) is 23.5 Å². The Morgan fingerprint density at radius 3 is 3.12 bits per heavy atom. The third-order valence-corrected chi connectivity index (χ3v) is 5.87. The minimum absolute atomic E-state index is 0.0693. The molecule has 0 bridgehead atoms. The third kappa shape index (κ3) is 4.15. The largest absolute Gasteiger partial charge is 0.314 e. The van der Waals surface area contributed by atoms with Crippen LogP contribution >= 0.6 is 22.9 Å². The number of amides is 1. The van der Waals surface area contributed by atoms with Gasteiger partial charge >= 0.3 is 0 Å². The Bertz CT molecular complexity index is 731. The molecule has 0 spiro atoms. The van der Waals surface area contributed by atoms with Gasteiger partial charge < -0.3 is 10.6 Å². The summed E-state index contributed by atoms with van der Waals surface area (Å²) in [6.07, 6.45) is 4.32. The number of nitrogens with one attached hydrogen (secondary N) is 2. The van der Waals surface area contributed by atoms with Crippen LogP contribution in [-0.2, 0) is 11.2 Å². The highest BCUT2D eigenvalue weighted by molar-refractivity contribution is 7.15. The fourth-order valence-corrected chi connectivity index (χ4v) is 4.09. The summed E-state index contributed by atoms with van der Waals surface area (Å²) < 4.78 is 0. The van der Waals surface area contributed by atoms with Crippen molar-refractivity contribution < 1.29 is 4.79 Å². The van der Waals surface area contributed by atoms with Crippen molar-refractivity contribution in [2.75, 3.05) is 11.9 Å². The molecule has 1 aliphatic heterocycles. The molecule has 1 saturated heterocycles. The van der Waals surface area contributed by atoms with E-state index in [1.807, 2.05) is 31.3 Å². The maximum Gasteiger partial charge on any atom is 0.229 e. The molecule has 3 rings (SSSR count). The third-order valence-electron chi connectivity index (χ3n) is 4.41. The first kappa shape index (κ1) is 17.4. The molecule has 2 atom stereocenters. The van der Waals surface area contributed by atoms with Gasteiger partial charge in [-0.05, 0) is 44.4 Å². The summed E-state index contributed by atoms with van der Waals surface area (Å²) in [6, 6.07) is 6.44. The van der Waals surface area contributed by atoms with Crippen molar-refractivity contribution in [3.63, 3.8) is 0 Å². The molecule has 1 aliphatic rings. The Hall–Kier alpha value is -1.43. The lowest BCUT2D eigenvalue weighted by Gasteiger charge is -2.26. The first-order valence-electron chi connectivity index (χ1n) is 8.26. The molecular weight excluding hydrogens is 342 g/mol. The van der Waals surface area contributed by atoms with Crippen molar-refractivity contribution in [2.45, 2.75) is 39.2 Å². The predicted molar refractivity (Wildman–Crippen MR) is 99.9 cm³/mol. The molecule has 0 aliphatic carbocycles. The number of halogens is 1. The average Bonchev–Trinajstić information content (AvgIpc) is 2.99. The van der Waals surface area contributed by atoms with E-state index < -0.39 is 0 Å². The highest BCUT2D eigenvalue weighted by Crippen LogP contribution is 2.27. The number of carbonyl (C=O) groups is 1. The maximum absolute atomic E-state index is 12.4. The fraction of sp³-hybridized carbons (Fsp3) is 0.444. The summed E-state index contributed by atoms with van der Waals surface area (Å²) >= 11 is 7.88. The molecule has 2 heterocycles. The topological polar surface area (TPSA) is 54.0 Å². The zero-order chi connectivity index (χ0) is 17.1. The fourth-order valence-electron chi connectivity index (χ4n) is 3.06. The second kappa shape index (κ2) is 7.64. The number of nitrogens with zero attached hydrogens (tertiary/aromatic N) is 1. The van der Waals surface area contributed by atoms with Gasteiger partial charge in [0.05, 0.1) is 0 Å². The lowest BCUT2D eigenvalue weighted by molar-refractivity contribution is -0.120. The molecule has 2 aromatic rings. The normalized spacial score (nSPS) is 20.8. The summed E-state index contributed by atoms with van der Waals surface area (Å²) in [6.45, 7) is 5.02. The van der Waals surface area contributed by atoms with E-state index in [2.05, 4.69) is 22.5 Å². The first-order chi connectivity index (χ1) is 11.5. The molecular formula is C18H22ClN3OS. The van der Waals surface area contributed by atoms with Crippen molar-refractivity contribution in [1.82, 2.24) is 10.3 Å². The molecule has 128 valence electrons. The van der Waals surface area contributed by atoms with Crippen LogP contribution in [0.25, 0.3) is 0 Å². The summed E-state index contributed by atoms with van der Waals surface area (Å²) in [7, 11) is 0. The van der Waals surface area contributed by atoms with Crippen molar-refractivity contribution in [2.24, 2.45) is 5.92 Å². The Morgan fingerprint density at radius 1 is 1.50 bits per heavy atom. The second-order valence-electron chi connectivity index (χ2n) is 6.42. The van der Waals surface area contributed by atoms with E-state index in [0.29, 0.717) is 11.2 Å². The minimum Gasteiger partial charge on any atom is -0.314 e. The van der Waals surface area contributed by atoms with Gasteiger partial charge in [-0.25, -0.2) is 4.98 Å². The molecule has 4 nitrogen and oxygen atoms in total. The van der Waals surface area contributed by atoms with Crippen LogP contribution in [0.15, 0.2) is 24.4 Å². The highest BCUT2D eigenvalue weighted by Gasteiger charge is 2.25. The van der Waals surface area contributed by atoms with E-state index in [0.717, 1.165) is 46.8 Å². The first-order valence-corrected chi connectivity index (χ1v) is 9.45. The van der Waals surface area contributed by atoms with Crippen molar-refractivity contribution in [1.29, 1.82) is 0 Å². The second-order valence-corrected chi connectivity index (χ2v) is 7.92. The molecule has 0 radical (unpaired) electrons. The van der Waals surface area contributed by atoms with Gasteiger partial charge in [-0.2, -0.15) is 0 Å². The van der Waals surface area contributed by atoms with E-state index >= 15 is 0 Å². The predicted octanol–water partition coefficient (Wildman–Crippen LogP) is 4.02. The van der Waals surface area contributed by atoms with Crippen LogP contribution in [0.3, 0.4) is 0 Å². The number of thiazole rings is 1. The van der Waals surface area contributed by atoms with Gasteiger partial charge in [0.25, 0.3) is 0 Å². The van der Waals surface area contributed by atoms with Crippen LogP contribution in [0.1, 0.15) is 35.8 Å². The monoisotopic (exact) mass is 363 g/mol. The summed E-state index contributed by atoms with van der Waals surface area (Å²) in [5.74, 6) is 0.151. The lowest BCUT2D eigenvalue weighted by atomic mass is 9.93. The van der Waals surface area contributed by atoms with Crippen molar-refractivity contribution >= 4 is 34.0 Å². The maximum atomic E-state index is 12.4. The number of hydrogen-bond donors (Lipinski definition) is 2. The molecule has 1 aromatic carbocycles. The molecule has 2 N–H and O–H groups in total. The zero-order valence-corrected chi connectivity index (χ0v) is 15.5. The summed E-state index contributed by atoms with van der Waals surface area (Å²) in [5, 5.41) is 7.82. The summed E-state index contributed by atoms with van der Waals surface area (Å²) in [4.78, 5) is 17.8. The van der Waals surface area contributed by atoms with E-state index in [1.165, 1.54) is 11.3 Å². The Balaban J connectivity index is 1.63. The highest BCUT2D eigenvalue weighted by atomic mass is 35.5. The van der Waals surface area contributed by atoms with Crippen LogP contribution < -0.4 is 10.6 Å². The SMILES string of the molecule is Cc1cccc(Cc2cnc(NC(=O)[C@H]3CCN[C@@H](C)C3)s2)c1Cl. The number of anilines is 1. The number of carbonyl (C=O) groups excluding carboxylic acids is 1. The number of hydrogen-bond acceptors (Lipinski definition) is 4. The average molecular weight is 364 g/mol. The quantitative estimate of drug-likeness (QED) is 0.862. The van der Waals surface area contributed by atoms with Gasteiger partial charge in [-0.3, -0.25) is 4.79 Å². The Kier molecular flexibility index (Phi) is 5.54. The Morgan fingerprint density at radius 2 is 2.33 bits per heavy atom. The molecule has 0 saturated carbocycles. The minimum atomic E-state index is 0.0693. The van der Waals surface area contributed by atoms with Crippen molar-refractivity contribution in [3.8, 4) is 0 Å². The van der Waals surface area contributed by atoms with Crippen LogP contribution in [0.5, 0.6) is 0 Å². The molecule has 1 amide bonds. The van der Waals surface area contributed by atoms with Gasteiger partial charge in [-0.1, -0.05) is 29.8 Å². The standard InChI is InChI=1S/C18H22ClN3OS/c1-11-4-3-5-13(16(11)19)9-15-10-21-18(24-15)22-17(23)14-6-7-20-12(2)8-14/h3-5,10,12,14,20H,6-9H2,1-2H3,(H,21,22,23)/t12-,14-/m0/s1. The number of rotatable bonds is 4. The zero-order valence-electron chi connectivity index (χ0n) is 13.9. The van der Waals surface area contributed by atoms with Gasteiger partial charge in [0.15, 0.2) is 5.13 Å². The number of aryl methyl sites for hydroxylation is 1. The van der Waals surface area contributed by atoms with Crippen LogP contribution in [0.2, 0.25) is 5.02 Å². The molecule has 6 heteroatoms. The van der Waals surface area contributed by atoms with Crippen LogP contribution in [0, 0.1) is 12.8 Å². The van der Waals surface area contributed by atoms with Gasteiger partial charge in [0.1, 0.15) is 0 Å². The Labute approximate surface area is 151 Å². The molecule has 1 aromatic heterocycles. The summed E-state index contributed by atoms with van der Waals surface area (Å²) in [5.41, 5.74) is 2.16. The van der Waals surface area contributed by atoms with E-state index in [-0.39, 0.29) is 11.8 Å². The van der Waals surface area contributed by atoms with Crippen LogP contribution in [0.4, 0.5) is 5.13 Å². The van der Waals surface area contributed by atoms with E-state index in [1.54, 1.807) is 0 Å². The van der Waals surface area contributed by atoms with Gasteiger partial charge in [0, 0.05) is 34.5 Å². The number of piperidine rings is 1. The van der Waals surface area contributed by atoms with E-state index in [4.69, 9.17) is 11.6 Å². The smallest absolute Gasteiger partial charge is 0.229 e. The van der Waals surface area contributed by atoms with E-state index in [9.17, 15) is 4.79 Å². The van der Waals surface area contributed by atoms with Crippen molar-refractivity contribution in [3.05, 3.63) is 45.4 Å².